The molecule has 140 valence electrons. The number of hydrogen-bond donors (Lipinski definition) is 0. The van der Waals surface area contributed by atoms with Crippen LogP contribution in [-0.4, -0.2) is 14.5 Å². The molecule has 4 nitrogen and oxygen atoms in total. The molecule has 4 heterocycles. The Morgan fingerprint density at radius 2 is 1.60 bits per heavy atom. The standard InChI is InChI=1S/C26H15N3O/c1-2-4-22-18(3-1)19-8-9-23-20(12-14-30-23)26(19)29(22)24-10-7-17-6-5-16-11-13-27-15-21(16)25(17)28-24/h1-15H. The van der Waals surface area contributed by atoms with E-state index in [0.717, 1.165) is 49.5 Å². The smallest absolute Gasteiger partial charge is 0.138 e. The van der Waals surface area contributed by atoms with E-state index in [9.17, 15) is 0 Å². The summed E-state index contributed by atoms with van der Waals surface area (Å²) < 4.78 is 7.95. The van der Waals surface area contributed by atoms with E-state index in [-0.39, 0.29) is 0 Å². The summed E-state index contributed by atoms with van der Waals surface area (Å²) in [6.45, 7) is 0. The largest absolute Gasteiger partial charge is 0.464 e. The number of rotatable bonds is 1. The molecule has 0 aliphatic heterocycles. The van der Waals surface area contributed by atoms with Gasteiger partial charge in [0.25, 0.3) is 0 Å². The Hall–Kier alpha value is -4.18. The van der Waals surface area contributed by atoms with Gasteiger partial charge in [0.05, 0.1) is 22.8 Å². The number of furan rings is 1. The van der Waals surface area contributed by atoms with E-state index >= 15 is 0 Å². The Bertz CT molecular complexity index is 1760. The summed E-state index contributed by atoms with van der Waals surface area (Å²) in [6, 6.07) is 25.2. The van der Waals surface area contributed by atoms with Crippen molar-refractivity contribution in [1.29, 1.82) is 0 Å². The number of benzene rings is 3. The van der Waals surface area contributed by atoms with E-state index in [1.54, 1.807) is 6.26 Å². The van der Waals surface area contributed by atoms with Gasteiger partial charge in [-0.1, -0.05) is 30.3 Å². The molecule has 0 aliphatic carbocycles. The first-order valence-corrected chi connectivity index (χ1v) is 9.92. The summed E-state index contributed by atoms with van der Waals surface area (Å²) >= 11 is 0. The normalized spacial score (nSPS) is 12.0. The Labute approximate surface area is 171 Å². The molecule has 4 heteroatoms. The van der Waals surface area contributed by atoms with Gasteiger partial charge in [-0.25, -0.2) is 4.98 Å². The number of para-hydroxylation sites is 1. The fraction of sp³-hybridized carbons (Fsp3) is 0. The average molecular weight is 385 g/mol. The lowest BCUT2D eigenvalue weighted by Crippen LogP contribution is -1.98. The molecule has 0 aliphatic rings. The highest BCUT2D eigenvalue weighted by molar-refractivity contribution is 6.18. The van der Waals surface area contributed by atoms with Gasteiger partial charge in [-0.15, -0.1) is 0 Å². The minimum Gasteiger partial charge on any atom is -0.464 e. The van der Waals surface area contributed by atoms with Crippen LogP contribution < -0.4 is 0 Å². The first-order chi connectivity index (χ1) is 14.9. The Morgan fingerprint density at radius 1 is 0.700 bits per heavy atom. The highest BCUT2D eigenvalue weighted by Gasteiger charge is 2.17. The molecular formula is C26H15N3O. The highest BCUT2D eigenvalue weighted by Crippen LogP contribution is 2.37. The minimum absolute atomic E-state index is 0.877. The van der Waals surface area contributed by atoms with Crippen molar-refractivity contribution in [3.8, 4) is 5.82 Å². The van der Waals surface area contributed by atoms with Crippen LogP contribution in [0.3, 0.4) is 0 Å². The molecule has 3 aromatic carbocycles. The van der Waals surface area contributed by atoms with Crippen molar-refractivity contribution in [3.05, 3.63) is 91.5 Å². The molecule has 7 aromatic rings. The summed E-state index contributed by atoms with van der Waals surface area (Å²) in [5.74, 6) is 0.888. The number of fused-ring (bicyclic) bond motifs is 8. The first kappa shape index (κ1) is 15.7. The number of pyridine rings is 2. The fourth-order valence-corrected chi connectivity index (χ4v) is 4.60. The third kappa shape index (κ3) is 2.00. The van der Waals surface area contributed by atoms with Gasteiger partial charge in [0, 0.05) is 39.3 Å². The van der Waals surface area contributed by atoms with Crippen LogP contribution in [0.5, 0.6) is 0 Å². The zero-order chi connectivity index (χ0) is 19.7. The van der Waals surface area contributed by atoms with Crippen molar-refractivity contribution < 1.29 is 4.42 Å². The van der Waals surface area contributed by atoms with Crippen LogP contribution in [-0.2, 0) is 0 Å². The quantitative estimate of drug-likeness (QED) is 0.298. The molecule has 0 saturated heterocycles. The van der Waals surface area contributed by atoms with E-state index in [1.165, 1.54) is 10.8 Å². The molecule has 0 bridgehead atoms. The van der Waals surface area contributed by atoms with Crippen molar-refractivity contribution in [1.82, 2.24) is 14.5 Å². The van der Waals surface area contributed by atoms with Gasteiger partial charge in [-0.3, -0.25) is 9.55 Å². The minimum atomic E-state index is 0.877. The molecule has 4 aromatic heterocycles. The molecule has 0 fully saturated rings. The predicted octanol–water partition coefficient (Wildman–Crippen LogP) is 6.63. The number of nitrogens with zero attached hydrogens (tertiary/aromatic N) is 3. The van der Waals surface area contributed by atoms with E-state index in [4.69, 9.17) is 9.40 Å². The number of hydrogen-bond acceptors (Lipinski definition) is 3. The lowest BCUT2D eigenvalue weighted by molar-refractivity contribution is 0.616. The van der Waals surface area contributed by atoms with Crippen LogP contribution in [0.1, 0.15) is 0 Å². The van der Waals surface area contributed by atoms with E-state index in [2.05, 4.69) is 64.1 Å². The molecular weight excluding hydrogens is 370 g/mol. The van der Waals surface area contributed by atoms with Crippen molar-refractivity contribution in [2.24, 2.45) is 0 Å². The molecule has 0 amide bonds. The van der Waals surface area contributed by atoms with Crippen molar-refractivity contribution in [2.45, 2.75) is 0 Å². The summed E-state index contributed by atoms with van der Waals surface area (Å²) in [6.07, 6.45) is 5.47. The van der Waals surface area contributed by atoms with Crippen LogP contribution in [0.25, 0.3) is 60.3 Å². The lowest BCUT2D eigenvalue weighted by atomic mass is 10.1. The zero-order valence-electron chi connectivity index (χ0n) is 15.9. The van der Waals surface area contributed by atoms with Gasteiger partial charge in [0.1, 0.15) is 11.4 Å². The third-order valence-electron chi connectivity index (χ3n) is 5.96. The Kier molecular flexibility index (Phi) is 2.97. The maximum Gasteiger partial charge on any atom is 0.138 e. The molecule has 0 unspecified atom stereocenters. The van der Waals surface area contributed by atoms with Crippen LogP contribution in [0.2, 0.25) is 0 Å². The van der Waals surface area contributed by atoms with Gasteiger partial charge in [0.15, 0.2) is 0 Å². The fourth-order valence-electron chi connectivity index (χ4n) is 4.60. The maximum atomic E-state index is 5.70. The molecule has 0 saturated carbocycles. The lowest BCUT2D eigenvalue weighted by Gasteiger charge is -2.10. The van der Waals surface area contributed by atoms with Crippen LogP contribution in [0, 0.1) is 0 Å². The summed E-state index contributed by atoms with van der Waals surface area (Å²) in [5, 5.41) is 6.80. The summed E-state index contributed by atoms with van der Waals surface area (Å²) in [4.78, 5) is 9.46. The van der Waals surface area contributed by atoms with Crippen LogP contribution in [0.4, 0.5) is 0 Å². The Morgan fingerprint density at radius 3 is 2.60 bits per heavy atom. The molecule has 0 N–H and O–H groups in total. The monoisotopic (exact) mass is 385 g/mol. The van der Waals surface area contributed by atoms with E-state index < -0.39 is 0 Å². The van der Waals surface area contributed by atoms with Crippen molar-refractivity contribution in [2.75, 3.05) is 0 Å². The number of aromatic nitrogens is 3. The zero-order valence-corrected chi connectivity index (χ0v) is 15.9. The average Bonchev–Trinajstić information content (AvgIpc) is 3.41. The van der Waals surface area contributed by atoms with Gasteiger partial charge < -0.3 is 4.42 Å². The molecule has 0 atom stereocenters. The third-order valence-corrected chi connectivity index (χ3v) is 5.96. The second kappa shape index (κ2) is 5.67. The summed E-state index contributed by atoms with van der Waals surface area (Å²) in [7, 11) is 0. The molecule has 7 rings (SSSR count). The Balaban J connectivity index is 1.68. The molecule has 0 radical (unpaired) electrons. The second-order valence-electron chi connectivity index (χ2n) is 7.55. The van der Waals surface area contributed by atoms with Gasteiger partial charge in [-0.2, -0.15) is 0 Å². The molecule has 0 spiro atoms. The van der Waals surface area contributed by atoms with Gasteiger partial charge >= 0.3 is 0 Å². The van der Waals surface area contributed by atoms with E-state index in [1.807, 2.05) is 30.6 Å². The second-order valence-corrected chi connectivity index (χ2v) is 7.55. The van der Waals surface area contributed by atoms with Crippen molar-refractivity contribution >= 4 is 54.5 Å². The van der Waals surface area contributed by atoms with Gasteiger partial charge in [-0.05, 0) is 47.9 Å². The van der Waals surface area contributed by atoms with Crippen LogP contribution in [0.15, 0.2) is 95.9 Å². The van der Waals surface area contributed by atoms with Gasteiger partial charge in [0.2, 0.25) is 0 Å². The SMILES string of the molecule is c1ccc2c(c1)c1ccc3occc3c1n2-c1ccc2ccc3ccncc3c2n1. The topological polar surface area (TPSA) is 43.9 Å². The molecule has 30 heavy (non-hydrogen) atoms. The summed E-state index contributed by atoms with van der Waals surface area (Å²) in [5.41, 5.74) is 4.09. The predicted molar refractivity (Wildman–Crippen MR) is 121 cm³/mol. The first-order valence-electron chi connectivity index (χ1n) is 9.92. The van der Waals surface area contributed by atoms with E-state index in [0.29, 0.717) is 0 Å². The maximum absolute atomic E-state index is 5.70. The highest BCUT2D eigenvalue weighted by atomic mass is 16.3. The van der Waals surface area contributed by atoms with Crippen molar-refractivity contribution in [3.63, 3.8) is 0 Å². The van der Waals surface area contributed by atoms with Crippen LogP contribution >= 0.6 is 0 Å².